The number of carboxylic acid groups (broad SMARTS) is 1. The Balaban J connectivity index is 1.34. The lowest BCUT2D eigenvalue weighted by molar-refractivity contribution is -0.142. The van der Waals surface area contributed by atoms with E-state index in [9.17, 15) is 14.7 Å². The van der Waals surface area contributed by atoms with Crippen molar-refractivity contribution < 1.29 is 24.2 Å². The highest BCUT2D eigenvalue weighted by atomic mass is 16.4. The first kappa shape index (κ1) is 21.7. The van der Waals surface area contributed by atoms with E-state index in [1.54, 1.807) is 24.3 Å². The van der Waals surface area contributed by atoms with Gasteiger partial charge in [-0.15, -0.1) is 5.10 Å². The van der Waals surface area contributed by atoms with Crippen molar-refractivity contribution in [3.8, 4) is 0 Å². The van der Waals surface area contributed by atoms with E-state index in [4.69, 9.17) is 9.52 Å². The Morgan fingerprint density at radius 2 is 1.75 bits per heavy atom. The standard InChI is InChI=1S/C24H25N3O5/c28-14-16-2-1-3-20(12-16)25-24-27-26-22(32-24)21(29)13-15-4-6-17(7-5-15)18-8-10-19(11-9-18)23(30)31/h1-7,12,18-19,28H,8-11,13-14H2,(H,25,27)(H,30,31). The van der Waals surface area contributed by atoms with Gasteiger partial charge >= 0.3 is 12.0 Å². The van der Waals surface area contributed by atoms with Gasteiger partial charge in [-0.25, -0.2) is 0 Å². The molecule has 1 heterocycles. The van der Waals surface area contributed by atoms with Crippen molar-refractivity contribution in [1.29, 1.82) is 0 Å². The number of hydrogen-bond acceptors (Lipinski definition) is 7. The third-order valence-electron chi connectivity index (χ3n) is 5.92. The van der Waals surface area contributed by atoms with Crippen LogP contribution < -0.4 is 5.32 Å². The highest BCUT2D eigenvalue weighted by Crippen LogP contribution is 2.36. The molecule has 0 radical (unpaired) electrons. The van der Waals surface area contributed by atoms with Gasteiger partial charge in [0, 0.05) is 12.1 Å². The number of aliphatic hydroxyl groups excluding tert-OH is 1. The van der Waals surface area contributed by atoms with Crippen molar-refractivity contribution >= 4 is 23.5 Å². The number of carboxylic acids is 1. The monoisotopic (exact) mass is 435 g/mol. The van der Waals surface area contributed by atoms with Gasteiger partial charge in [-0.1, -0.05) is 41.5 Å². The average Bonchev–Trinajstić information content (AvgIpc) is 3.28. The summed E-state index contributed by atoms with van der Waals surface area (Å²) in [5.41, 5.74) is 3.44. The van der Waals surface area contributed by atoms with Gasteiger partial charge in [0.15, 0.2) is 0 Å². The predicted molar refractivity (Wildman–Crippen MR) is 117 cm³/mol. The summed E-state index contributed by atoms with van der Waals surface area (Å²) < 4.78 is 5.45. The number of aliphatic hydroxyl groups is 1. The van der Waals surface area contributed by atoms with Crippen molar-refractivity contribution in [2.45, 2.75) is 44.6 Å². The summed E-state index contributed by atoms with van der Waals surface area (Å²) in [6.07, 6.45) is 3.30. The molecule has 0 aliphatic heterocycles. The highest BCUT2D eigenvalue weighted by Gasteiger charge is 2.26. The first-order chi connectivity index (χ1) is 15.5. The third kappa shape index (κ3) is 5.20. The van der Waals surface area contributed by atoms with Crippen molar-refractivity contribution in [2.24, 2.45) is 5.92 Å². The second-order valence-electron chi connectivity index (χ2n) is 8.12. The van der Waals surface area contributed by atoms with Crippen LogP contribution >= 0.6 is 0 Å². The first-order valence-corrected chi connectivity index (χ1v) is 10.7. The molecule has 1 aliphatic carbocycles. The fraction of sp³-hybridized carbons (Fsp3) is 0.333. The molecule has 3 N–H and O–H groups in total. The molecule has 1 aliphatic rings. The van der Waals surface area contributed by atoms with Gasteiger partial charge in [-0.05, 0) is 60.4 Å². The van der Waals surface area contributed by atoms with Gasteiger partial charge in [0.2, 0.25) is 5.78 Å². The van der Waals surface area contributed by atoms with Crippen LogP contribution in [-0.4, -0.2) is 32.2 Å². The zero-order valence-corrected chi connectivity index (χ0v) is 17.5. The number of hydrogen-bond donors (Lipinski definition) is 3. The summed E-state index contributed by atoms with van der Waals surface area (Å²) in [5, 5.41) is 29.0. The summed E-state index contributed by atoms with van der Waals surface area (Å²) >= 11 is 0. The van der Waals surface area contributed by atoms with E-state index in [0.29, 0.717) is 24.4 Å². The maximum absolute atomic E-state index is 12.6. The molecule has 8 nitrogen and oxygen atoms in total. The van der Waals surface area contributed by atoms with Crippen LogP contribution in [-0.2, 0) is 17.8 Å². The number of rotatable bonds is 8. The number of nitrogens with one attached hydrogen (secondary N) is 1. The Morgan fingerprint density at radius 3 is 2.44 bits per heavy atom. The maximum Gasteiger partial charge on any atom is 0.320 e. The number of nitrogens with zero attached hydrogens (tertiary/aromatic N) is 2. The molecule has 0 atom stereocenters. The zero-order valence-electron chi connectivity index (χ0n) is 17.5. The molecule has 4 rings (SSSR count). The summed E-state index contributed by atoms with van der Waals surface area (Å²) in [7, 11) is 0. The fourth-order valence-corrected chi connectivity index (χ4v) is 4.10. The van der Waals surface area contributed by atoms with E-state index in [-0.39, 0.29) is 36.6 Å². The lowest BCUT2D eigenvalue weighted by atomic mass is 9.78. The van der Waals surface area contributed by atoms with Gasteiger partial charge in [0.1, 0.15) is 0 Å². The summed E-state index contributed by atoms with van der Waals surface area (Å²) in [6, 6.07) is 15.1. The van der Waals surface area contributed by atoms with Gasteiger partial charge in [-0.3, -0.25) is 9.59 Å². The number of carbonyl (C=O) groups is 2. The third-order valence-corrected chi connectivity index (χ3v) is 5.92. The first-order valence-electron chi connectivity index (χ1n) is 10.7. The number of aliphatic carboxylic acids is 1. The fourth-order valence-electron chi connectivity index (χ4n) is 4.10. The smallest absolute Gasteiger partial charge is 0.320 e. The molecule has 32 heavy (non-hydrogen) atoms. The van der Waals surface area contributed by atoms with Crippen molar-refractivity contribution in [2.75, 3.05) is 5.32 Å². The van der Waals surface area contributed by atoms with E-state index in [1.807, 2.05) is 24.3 Å². The number of anilines is 2. The molecule has 1 aromatic heterocycles. The Labute approximate surface area is 185 Å². The minimum Gasteiger partial charge on any atom is -0.481 e. The number of carbonyl (C=O) groups excluding carboxylic acids is 1. The molecular formula is C24H25N3O5. The van der Waals surface area contributed by atoms with Crippen molar-refractivity contribution in [3.63, 3.8) is 0 Å². The topological polar surface area (TPSA) is 126 Å². The molecule has 8 heteroatoms. The van der Waals surface area contributed by atoms with Crippen LogP contribution in [0.2, 0.25) is 0 Å². The molecule has 1 saturated carbocycles. The quantitative estimate of drug-likeness (QED) is 0.452. The Bertz CT molecular complexity index is 1090. The normalized spacial score (nSPS) is 18.3. The second-order valence-corrected chi connectivity index (χ2v) is 8.12. The molecule has 2 aromatic carbocycles. The summed E-state index contributed by atoms with van der Waals surface area (Å²) in [4.78, 5) is 23.7. The molecule has 3 aromatic rings. The van der Waals surface area contributed by atoms with Gasteiger partial charge in [-0.2, -0.15) is 0 Å². The Morgan fingerprint density at radius 1 is 1.00 bits per heavy atom. The largest absolute Gasteiger partial charge is 0.481 e. The van der Waals surface area contributed by atoms with Crippen LogP contribution in [0, 0.1) is 5.92 Å². The zero-order chi connectivity index (χ0) is 22.5. The van der Waals surface area contributed by atoms with Crippen LogP contribution in [0.1, 0.15) is 59.0 Å². The van der Waals surface area contributed by atoms with E-state index in [1.165, 1.54) is 5.56 Å². The van der Waals surface area contributed by atoms with E-state index in [0.717, 1.165) is 24.0 Å². The van der Waals surface area contributed by atoms with Crippen molar-refractivity contribution in [1.82, 2.24) is 10.2 Å². The molecule has 166 valence electrons. The number of ketones is 1. The van der Waals surface area contributed by atoms with E-state index < -0.39 is 5.97 Å². The van der Waals surface area contributed by atoms with Crippen molar-refractivity contribution in [3.05, 3.63) is 71.1 Å². The lowest BCUT2D eigenvalue weighted by Gasteiger charge is -2.26. The minimum absolute atomic E-state index is 0.0677. The van der Waals surface area contributed by atoms with E-state index in [2.05, 4.69) is 15.5 Å². The summed E-state index contributed by atoms with van der Waals surface area (Å²) in [6.45, 7) is -0.0779. The molecule has 0 spiro atoms. The molecule has 1 fully saturated rings. The number of Topliss-reactive ketones (excluding diaryl/α,β-unsaturated/α-hetero) is 1. The van der Waals surface area contributed by atoms with Crippen LogP contribution in [0.5, 0.6) is 0 Å². The SMILES string of the molecule is O=C(Cc1ccc(C2CCC(C(=O)O)CC2)cc1)c1nnc(Nc2cccc(CO)c2)o1. The van der Waals surface area contributed by atoms with Gasteiger partial charge in [0.25, 0.3) is 5.89 Å². The lowest BCUT2D eigenvalue weighted by Crippen LogP contribution is -2.20. The average molecular weight is 435 g/mol. The molecular weight excluding hydrogens is 410 g/mol. The Hall–Kier alpha value is -3.52. The van der Waals surface area contributed by atoms with Crippen LogP contribution in [0.15, 0.2) is 52.9 Å². The van der Waals surface area contributed by atoms with Crippen LogP contribution in [0.3, 0.4) is 0 Å². The Kier molecular flexibility index (Phi) is 6.61. The minimum atomic E-state index is -0.699. The molecule has 0 unspecified atom stereocenters. The molecule has 0 bridgehead atoms. The van der Waals surface area contributed by atoms with Gasteiger partial charge in [0.05, 0.1) is 12.5 Å². The van der Waals surface area contributed by atoms with E-state index >= 15 is 0 Å². The highest BCUT2D eigenvalue weighted by molar-refractivity contribution is 5.93. The molecule has 0 amide bonds. The second kappa shape index (κ2) is 9.74. The summed E-state index contributed by atoms with van der Waals surface area (Å²) in [5.74, 6) is -0.901. The van der Waals surface area contributed by atoms with Crippen LogP contribution in [0.4, 0.5) is 11.7 Å². The predicted octanol–water partition coefficient (Wildman–Crippen LogP) is 4.09. The number of benzene rings is 2. The maximum atomic E-state index is 12.6. The van der Waals surface area contributed by atoms with Gasteiger partial charge < -0.3 is 19.9 Å². The molecule has 0 saturated heterocycles. The van der Waals surface area contributed by atoms with Crippen LogP contribution in [0.25, 0.3) is 0 Å². The number of aromatic nitrogens is 2.